The zero-order chi connectivity index (χ0) is 16.8. The number of hydrogen-bond donors (Lipinski definition) is 2. The second kappa shape index (κ2) is 8.04. The molecule has 0 bridgehead atoms. The van der Waals surface area contributed by atoms with Crippen LogP contribution in [0.3, 0.4) is 0 Å². The first-order valence-corrected chi connectivity index (χ1v) is 8.47. The molecular weight excluding hydrogens is 300 g/mol. The number of nitrogens with zero attached hydrogens (tertiary/aromatic N) is 2. The first-order chi connectivity index (χ1) is 11.8. The molecule has 1 atom stereocenters. The van der Waals surface area contributed by atoms with Crippen molar-refractivity contribution in [3.8, 4) is 0 Å². The minimum atomic E-state index is -0.260. The molecule has 1 aromatic carbocycles. The van der Waals surface area contributed by atoms with E-state index < -0.39 is 0 Å². The molecular formula is C19H24N4O. The van der Waals surface area contributed by atoms with Crippen LogP contribution in [0.25, 0.3) is 0 Å². The zero-order valence-corrected chi connectivity index (χ0v) is 13.8. The third kappa shape index (κ3) is 3.99. The van der Waals surface area contributed by atoms with Crippen molar-refractivity contribution in [3.63, 3.8) is 0 Å². The van der Waals surface area contributed by atoms with Crippen LogP contribution in [-0.2, 0) is 17.9 Å². The van der Waals surface area contributed by atoms with Gasteiger partial charge in [0, 0.05) is 25.5 Å². The van der Waals surface area contributed by atoms with Gasteiger partial charge in [0.1, 0.15) is 6.04 Å². The van der Waals surface area contributed by atoms with E-state index in [-0.39, 0.29) is 11.9 Å². The molecule has 1 fully saturated rings. The van der Waals surface area contributed by atoms with E-state index in [4.69, 9.17) is 5.73 Å². The first-order valence-electron chi connectivity index (χ1n) is 8.47. The number of carbonyl (C=O) groups is 1. The summed E-state index contributed by atoms with van der Waals surface area (Å²) in [5.41, 5.74) is 8.74. The summed E-state index contributed by atoms with van der Waals surface area (Å²) >= 11 is 0. The predicted molar refractivity (Wildman–Crippen MR) is 94.0 cm³/mol. The SMILES string of the molecule is NCc1ccc(CNC(=O)[C@H](c2cccnc2)N2CCCC2)cc1. The van der Waals surface area contributed by atoms with Crippen LogP contribution in [0.2, 0.25) is 0 Å². The maximum Gasteiger partial charge on any atom is 0.242 e. The molecule has 126 valence electrons. The number of likely N-dealkylation sites (tertiary alicyclic amines) is 1. The lowest BCUT2D eigenvalue weighted by atomic mass is 10.1. The topological polar surface area (TPSA) is 71.2 Å². The van der Waals surface area contributed by atoms with Gasteiger partial charge in [-0.3, -0.25) is 14.7 Å². The fraction of sp³-hybridized carbons (Fsp3) is 0.368. The molecule has 2 aromatic rings. The van der Waals surface area contributed by atoms with Crippen LogP contribution in [0.4, 0.5) is 0 Å². The second-order valence-electron chi connectivity index (χ2n) is 6.17. The molecule has 24 heavy (non-hydrogen) atoms. The number of nitrogens with two attached hydrogens (primary N) is 1. The average molecular weight is 324 g/mol. The number of amides is 1. The highest BCUT2D eigenvalue weighted by atomic mass is 16.2. The van der Waals surface area contributed by atoms with Crippen LogP contribution in [-0.4, -0.2) is 28.9 Å². The van der Waals surface area contributed by atoms with Crippen molar-refractivity contribution < 1.29 is 4.79 Å². The third-order valence-electron chi connectivity index (χ3n) is 4.48. The fourth-order valence-corrected chi connectivity index (χ4v) is 3.14. The molecule has 0 aliphatic carbocycles. The van der Waals surface area contributed by atoms with Crippen LogP contribution < -0.4 is 11.1 Å². The molecule has 1 saturated heterocycles. The molecule has 5 heteroatoms. The molecule has 3 N–H and O–H groups in total. The van der Waals surface area contributed by atoms with Crippen molar-refractivity contribution in [3.05, 3.63) is 65.5 Å². The zero-order valence-electron chi connectivity index (χ0n) is 13.8. The number of nitrogens with one attached hydrogen (secondary N) is 1. The largest absolute Gasteiger partial charge is 0.350 e. The van der Waals surface area contributed by atoms with Gasteiger partial charge in [-0.2, -0.15) is 0 Å². The van der Waals surface area contributed by atoms with Gasteiger partial charge in [0.2, 0.25) is 5.91 Å². The highest BCUT2D eigenvalue weighted by Crippen LogP contribution is 2.24. The Morgan fingerprint density at radius 3 is 2.50 bits per heavy atom. The maximum atomic E-state index is 12.8. The van der Waals surface area contributed by atoms with E-state index >= 15 is 0 Å². The minimum Gasteiger partial charge on any atom is -0.350 e. The normalized spacial score (nSPS) is 16.0. The van der Waals surface area contributed by atoms with Gasteiger partial charge in [0.15, 0.2) is 0 Å². The van der Waals surface area contributed by atoms with Crippen LogP contribution in [0.15, 0.2) is 48.8 Å². The van der Waals surface area contributed by atoms with Gasteiger partial charge in [-0.05, 0) is 48.7 Å². The van der Waals surface area contributed by atoms with Crippen molar-refractivity contribution in [1.82, 2.24) is 15.2 Å². The second-order valence-corrected chi connectivity index (χ2v) is 6.17. The summed E-state index contributed by atoms with van der Waals surface area (Å²) in [6.07, 6.45) is 5.81. The van der Waals surface area contributed by atoms with Gasteiger partial charge in [-0.25, -0.2) is 0 Å². The summed E-state index contributed by atoms with van der Waals surface area (Å²) < 4.78 is 0. The van der Waals surface area contributed by atoms with E-state index in [1.165, 1.54) is 0 Å². The van der Waals surface area contributed by atoms with Gasteiger partial charge in [-0.1, -0.05) is 30.3 Å². The van der Waals surface area contributed by atoms with Gasteiger partial charge in [0.25, 0.3) is 0 Å². The van der Waals surface area contributed by atoms with Crippen molar-refractivity contribution in [2.45, 2.75) is 32.0 Å². The molecule has 5 nitrogen and oxygen atoms in total. The molecule has 2 heterocycles. The van der Waals surface area contributed by atoms with E-state index in [1.54, 1.807) is 12.4 Å². The Morgan fingerprint density at radius 1 is 1.17 bits per heavy atom. The highest BCUT2D eigenvalue weighted by molar-refractivity contribution is 5.83. The first kappa shape index (κ1) is 16.6. The quantitative estimate of drug-likeness (QED) is 0.852. The standard InChI is InChI=1S/C19H24N4O/c20-12-15-5-7-16(8-6-15)13-22-19(24)18(23-10-1-2-11-23)17-4-3-9-21-14-17/h3-9,14,18H,1-2,10-13,20H2,(H,22,24)/t18-/m0/s1. The van der Waals surface area contributed by atoms with Gasteiger partial charge in [0.05, 0.1) is 0 Å². The smallest absolute Gasteiger partial charge is 0.242 e. The Balaban J connectivity index is 1.69. The Labute approximate surface area is 142 Å². The number of pyridine rings is 1. The number of hydrogen-bond acceptors (Lipinski definition) is 4. The number of benzene rings is 1. The van der Waals surface area contributed by atoms with E-state index in [1.807, 2.05) is 36.4 Å². The lowest BCUT2D eigenvalue weighted by Gasteiger charge is -2.26. The molecule has 0 radical (unpaired) electrons. The third-order valence-corrected chi connectivity index (χ3v) is 4.48. The molecule has 1 aliphatic rings. The van der Waals surface area contributed by atoms with Crippen LogP contribution in [0.1, 0.15) is 35.6 Å². The van der Waals surface area contributed by atoms with E-state index in [0.29, 0.717) is 13.1 Å². The summed E-state index contributed by atoms with van der Waals surface area (Å²) in [4.78, 5) is 19.2. The van der Waals surface area contributed by atoms with Gasteiger partial charge in [-0.15, -0.1) is 0 Å². The molecule has 1 aliphatic heterocycles. The Morgan fingerprint density at radius 2 is 1.88 bits per heavy atom. The minimum absolute atomic E-state index is 0.0350. The summed E-state index contributed by atoms with van der Waals surface area (Å²) in [7, 11) is 0. The van der Waals surface area contributed by atoms with Crippen molar-refractivity contribution in [2.24, 2.45) is 5.73 Å². The van der Waals surface area contributed by atoms with Crippen molar-refractivity contribution in [2.75, 3.05) is 13.1 Å². The van der Waals surface area contributed by atoms with E-state index in [0.717, 1.165) is 42.6 Å². The van der Waals surface area contributed by atoms with E-state index in [9.17, 15) is 4.79 Å². The summed E-state index contributed by atoms with van der Waals surface area (Å²) in [6, 6.07) is 11.6. The average Bonchev–Trinajstić information content (AvgIpc) is 3.15. The summed E-state index contributed by atoms with van der Waals surface area (Å²) in [6.45, 7) is 2.97. The fourth-order valence-electron chi connectivity index (χ4n) is 3.14. The molecule has 1 aromatic heterocycles. The van der Waals surface area contributed by atoms with Crippen molar-refractivity contribution >= 4 is 5.91 Å². The predicted octanol–water partition coefficient (Wildman–Crippen LogP) is 1.99. The maximum absolute atomic E-state index is 12.8. The molecule has 0 unspecified atom stereocenters. The van der Waals surface area contributed by atoms with Crippen LogP contribution in [0.5, 0.6) is 0 Å². The lowest BCUT2D eigenvalue weighted by Crippen LogP contribution is -2.39. The lowest BCUT2D eigenvalue weighted by molar-refractivity contribution is -0.126. The van der Waals surface area contributed by atoms with Crippen LogP contribution >= 0.6 is 0 Å². The Bertz CT molecular complexity index is 651. The molecule has 1 amide bonds. The summed E-state index contributed by atoms with van der Waals surface area (Å²) in [5, 5.41) is 3.07. The number of rotatable bonds is 6. The molecule has 3 rings (SSSR count). The Hall–Kier alpha value is -2.24. The number of carbonyl (C=O) groups excluding carboxylic acids is 1. The summed E-state index contributed by atoms with van der Waals surface area (Å²) in [5.74, 6) is 0.0350. The monoisotopic (exact) mass is 324 g/mol. The van der Waals surface area contributed by atoms with Crippen LogP contribution in [0, 0.1) is 0 Å². The van der Waals surface area contributed by atoms with Gasteiger partial charge < -0.3 is 11.1 Å². The molecule has 0 spiro atoms. The van der Waals surface area contributed by atoms with E-state index in [2.05, 4.69) is 15.2 Å². The van der Waals surface area contributed by atoms with Crippen molar-refractivity contribution in [1.29, 1.82) is 0 Å². The number of aromatic nitrogens is 1. The highest BCUT2D eigenvalue weighted by Gasteiger charge is 2.29. The Kier molecular flexibility index (Phi) is 5.56. The molecule has 0 saturated carbocycles. The van der Waals surface area contributed by atoms with Gasteiger partial charge >= 0.3 is 0 Å².